The zero-order valence-corrected chi connectivity index (χ0v) is 12.2. The largest absolute Gasteiger partial charge is 0.465 e. The van der Waals surface area contributed by atoms with Crippen molar-refractivity contribution in [2.75, 3.05) is 27.2 Å². The van der Waals surface area contributed by atoms with Crippen molar-refractivity contribution < 1.29 is 19.4 Å². The van der Waals surface area contributed by atoms with Crippen LogP contribution in [-0.2, 0) is 4.74 Å². The first kappa shape index (κ1) is 14.7. The SMILES string of the molecule is [2H]OC(=O)N(C)CCN(C)C(=O)OC1/C=C/CCCCC1. The summed E-state index contributed by atoms with van der Waals surface area (Å²) in [4.78, 5) is 25.7. The highest BCUT2D eigenvalue weighted by atomic mass is 16.6. The fourth-order valence-electron chi connectivity index (χ4n) is 1.93. The Morgan fingerprint density at radius 2 is 2.05 bits per heavy atom. The molecule has 114 valence electrons. The first-order valence-corrected chi connectivity index (χ1v) is 7.01. The molecule has 1 atom stereocenters. The van der Waals surface area contributed by atoms with Crippen molar-refractivity contribution in [3.05, 3.63) is 12.2 Å². The number of amides is 2. The Kier molecular flexibility index (Phi) is 6.20. The molecule has 0 saturated carbocycles. The number of allylic oxidation sites excluding steroid dienone is 1. The topological polar surface area (TPSA) is 70.1 Å². The maximum absolute atomic E-state index is 12.0. The van der Waals surface area contributed by atoms with Crippen LogP contribution in [-0.4, -0.2) is 60.4 Å². The molecule has 0 aromatic heterocycles. The molecule has 1 unspecified atom stereocenters. The molecule has 0 saturated heterocycles. The average molecular weight is 285 g/mol. The van der Waals surface area contributed by atoms with Crippen LogP contribution in [0.5, 0.6) is 0 Å². The summed E-state index contributed by atoms with van der Waals surface area (Å²) in [5, 5.41) is 3.85. The van der Waals surface area contributed by atoms with Gasteiger partial charge in [-0.1, -0.05) is 12.5 Å². The fraction of sp³-hybridized carbons (Fsp3) is 0.714. The number of hydrogen-bond donors (Lipinski definition) is 1. The lowest BCUT2D eigenvalue weighted by Gasteiger charge is -2.23. The molecule has 0 bridgehead atoms. The van der Waals surface area contributed by atoms with Gasteiger partial charge in [0.2, 0.25) is 0 Å². The van der Waals surface area contributed by atoms with E-state index in [4.69, 9.17) is 6.17 Å². The number of carbonyl (C=O) groups is 2. The van der Waals surface area contributed by atoms with Gasteiger partial charge in [0.15, 0.2) is 0 Å². The monoisotopic (exact) mass is 285 g/mol. The molecule has 6 nitrogen and oxygen atoms in total. The Balaban J connectivity index is 2.36. The van der Waals surface area contributed by atoms with E-state index in [2.05, 4.69) is 11.2 Å². The predicted molar refractivity (Wildman–Crippen MR) is 75.8 cm³/mol. The van der Waals surface area contributed by atoms with Gasteiger partial charge in [0, 0.05) is 27.2 Å². The van der Waals surface area contributed by atoms with Crippen molar-refractivity contribution >= 4 is 12.2 Å². The minimum atomic E-state index is -0.750. The first-order chi connectivity index (χ1) is 10.0. The number of carbonyl (C=O) groups excluding carboxylic acids is 1. The summed E-state index contributed by atoms with van der Waals surface area (Å²) in [6, 6.07) is 0. The molecular weight excluding hydrogens is 260 g/mol. The van der Waals surface area contributed by atoms with Gasteiger partial charge in [0.25, 0.3) is 1.43 Å². The number of carboxylic acid groups (broad SMARTS) is 1. The third-order valence-corrected chi connectivity index (χ3v) is 3.36. The molecule has 1 rings (SSSR count). The lowest BCUT2D eigenvalue weighted by Crippen LogP contribution is -2.38. The second-order valence-corrected chi connectivity index (χ2v) is 5.10. The molecule has 0 radical (unpaired) electrons. The Morgan fingerprint density at radius 1 is 1.30 bits per heavy atom. The second-order valence-electron chi connectivity index (χ2n) is 5.10. The number of likely N-dealkylation sites (N-methyl/N-ethyl adjacent to an activating group) is 2. The molecule has 0 aromatic carbocycles. The van der Waals surface area contributed by atoms with Crippen LogP contribution in [0.25, 0.3) is 1.43 Å². The summed E-state index contributed by atoms with van der Waals surface area (Å²) in [7, 11) is 3.13. The van der Waals surface area contributed by atoms with Gasteiger partial charge in [-0.2, -0.15) is 0 Å². The maximum atomic E-state index is 12.0. The highest BCUT2D eigenvalue weighted by Gasteiger charge is 2.17. The van der Waals surface area contributed by atoms with Crippen LogP contribution in [0.4, 0.5) is 9.59 Å². The van der Waals surface area contributed by atoms with Crippen LogP contribution in [0.2, 0.25) is 0 Å². The average Bonchev–Trinajstić information content (AvgIpc) is 2.45. The highest BCUT2D eigenvalue weighted by molar-refractivity contribution is 5.68. The van der Waals surface area contributed by atoms with E-state index < -0.39 is 12.2 Å². The maximum Gasteiger partial charge on any atom is 0.410 e. The summed E-state index contributed by atoms with van der Waals surface area (Å²) in [6.07, 6.45) is 7.98. The van der Waals surface area contributed by atoms with Crippen molar-refractivity contribution in [1.82, 2.24) is 9.80 Å². The van der Waals surface area contributed by atoms with Gasteiger partial charge in [-0.3, -0.25) is 0 Å². The molecule has 1 N–H and O–H groups in total. The molecule has 2 amide bonds. The normalized spacial score (nSPS) is 20.9. The van der Waals surface area contributed by atoms with Crippen LogP contribution in [0.3, 0.4) is 0 Å². The van der Waals surface area contributed by atoms with Crippen LogP contribution in [0.15, 0.2) is 12.2 Å². The van der Waals surface area contributed by atoms with Gasteiger partial charge >= 0.3 is 12.2 Å². The zero-order valence-electron chi connectivity index (χ0n) is 13.2. The van der Waals surface area contributed by atoms with Crippen molar-refractivity contribution in [2.24, 2.45) is 0 Å². The van der Waals surface area contributed by atoms with Gasteiger partial charge in [0.1, 0.15) is 6.10 Å². The van der Waals surface area contributed by atoms with Gasteiger partial charge in [-0.15, -0.1) is 0 Å². The molecule has 6 heteroatoms. The van der Waals surface area contributed by atoms with Crippen LogP contribution < -0.4 is 0 Å². The Labute approximate surface area is 121 Å². The highest BCUT2D eigenvalue weighted by Crippen LogP contribution is 2.14. The van der Waals surface area contributed by atoms with Gasteiger partial charge < -0.3 is 19.6 Å². The van der Waals surface area contributed by atoms with Crippen LogP contribution in [0, 0.1) is 0 Å². The summed E-state index contributed by atoms with van der Waals surface area (Å²) in [5.41, 5.74) is 0. The van der Waals surface area contributed by atoms with E-state index in [9.17, 15) is 9.59 Å². The molecule has 0 heterocycles. The number of nitrogens with zero attached hydrogens (tertiary/aromatic N) is 2. The third-order valence-electron chi connectivity index (χ3n) is 3.36. The zero-order chi connectivity index (χ0) is 15.7. The number of rotatable bonds is 4. The van der Waals surface area contributed by atoms with Crippen LogP contribution in [0.1, 0.15) is 32.1 Å². The van der Waals surface area contributed by atoms with Crippen molar-refractivity contribution in [1.29, 1.82) is 1.43 Å². The smallest absolute Gasteiger partial charge is 0.410 e. The Hall–Kier alpha value is -1.72. The molecule has 0 aromatic rings. The third kappa shape index (κ3) is 5.95. The van der Waals surface area contributed by atoms with Gasteiger partial charge in [0.05, 0.1) is 0 Å². The van der Waals surface area contributed by atoms with Crippen LogP contribution >= 0.6 is 0 Å². The molecule has 0 fully saturated rings. The summed E-state index contributed by atoms with van der Waals surface area (Å²) in [6.45, 7) is 0.602. The Morgan fingerprint density at radius 3 is 2.80 bits per heavy atom. The lowest BCUT2D eigenvalue weighted by molar-refractivity contribution is 0.0796. The predicted octanol–water partition coefficient (Wildman–Crippen LogP) is 2.55. The van der Waals surface area contributed by atoms with E-state index in [-0.39, 0.29) is 12.6 Å². The molecule has 1 aliphatic carbocycles. The quantitative estimate of drug-likeness (QED) is 0.806. The second kappa shape index (κ2) is 8.45. The standard InChI is InChI=1S/C14H24N2O4/c1-15(13(17)18)10-11-16(2)14(19)20-12-8-6-4-3-5-7-9-12/h6,8,12H,3-5,7,9-11H2,1-2H3,(H,17,18)/b8-6+/i/hD. The van der Waals surface area contributed by atoms with Crippen molar-refractivity contribution in [2.45, 2.75) is 38.2 Å². The molecular formula is C14H24N2O4. The number of ether oxygens (including phenoxy) is 1. The number of hydrogen-bond acceptors (Lipinski definition) is 4. The van der Waals surface area contributed by atoms with Crippen molar-refractivity contribution in [3.63, 3.8) is 0 Å². The van der Waals surface area contributed by atoms with E-state index in [0.29, 0.717) is 6.54 Å². The van der Waals surface area contributed by atoms with E-state index >= 15 is 0 Å². The molecule has 1 aliphatic rings. The van der Waals surface area contributed by atoms with E-state index in [1.54, 1.807) is 7.05 Å². The summed E-state index contributed by atoms with van der Waals surface area (Å²) < 4.78 is 12.0. The minimum absolute atomic E-state index is 0.170. The summed E-state index contributed by atoms with van der Waals surface area (Å²) >= 11 is 0. The summed E-state index contributed by atoms with van der Waals surface area (Å²) in [5.74, 6) is 0. The molecule has 0 spiro atoms. The molecule has 20 heavy (non-hydrogen) atoms. The molecule has 0 aliphatic heterocycles. The van der Waals surface area contributed by atoms with Gasteiger partial charge in [-0.05, 0) is 31.8 Å². The lowest BCUT2D eigenvalue weighted by atomic mass is 10.0. The van der Waals surface area contributed by atoms with E-state index in [0.717, 1.165) is 25.7 Å². The fourth-order valence-corrected chi connectivity index (χ4v) is 1.93. The Bertz CT molecular complexity index is 376. The van der Waals surface area contributed by atoms with E-state index in [1.807, 2.05) is 6.08 Å². The van der Waals surface area contributed by atoms with Crippen molar-refractivity contribution in [3.8, 4) is 0 Å². The van der Waals surface area contributed by atoms with Gasteiger partial charge in [-0.25, -0.2) is 9.59 Å². The first-order valence-electron chi connectivity index (χ1n) is 7.42. The minimum Gasteiger partial charge on any atom is -0.465 e. The van der Waals surface area contributed by atoms with E-state index in [1.165, 1.54) is 23.3 Å².